The Labute approximate surface area is 125 Å². The molecule has 1 aliphatic rings. The molecule has 0 heterocycles. The minimum absolute atomic E-state index is 0.111. The van der Waals surface area contributed by atoms with E-state index in [4.69, 9.17) is 21.1 Å². The molecule has 0 bridgehead atoms. The number of methoxy groups -OCH3 is 2. The fraction of sp³-hybridized carbons (Fsp3) is 0.562. The molecule has 0 radical (unpaired) electrons. The molecule has 1 aliphatic carbocycles. The van der Waals surface area contributed by atoms with Crippen molar-refractivity contribution >= 4 is 17.4 Å². The summed E-state index contributed by atoms with van der Waals surface area (Å²) in [7, 11) is 3.08. The fourth-order valence-electron chi connectivity index (χ4n) is 2.82. The van der Waals surface area contributed by atoms with Crippen molar-refractivity contribution in [2.24, 2.45) is 11.8 Å². The van der Waals surface area contributed by atoms with Crippen LogP contribution in [-0.4, -0.2) is 20.0 Å². The van der Waals surface area contributed by atoms with Crippen LogP contribution < -0.4 is 9.47 Å². The van der Waals surface area contributed by atoms with Gasteiger partial charge in [0.2, 0.25) is 0 Å². The number of carbonyl (C=O) groups excluding carboxylic acids is 1. The molecule has 4 heteroatoms. The summed E-state index contributed by atoms with van der Waals surface area (Å²) < 4.78 is 10.4. The van der Waals surface area contributed by atoms with Gasteiger partial charge in [0.15, 0.2) is 17.3 Å². The Morgan fingerprint density at radius 3 is 2.35 bits per heavy atom. The molecule has 0 spiro atoms. The highest BCUT2D eigenvalue weighted by Gasteiger charge is 2.26. The van der Waals surface area contributed by atoms with Gasteiger partial charge in [-0.2, -0.15) is 0 Å². The lowest BCUT2D eigenvalue weighted by atomic mass is 9.79. The molecule has 110 valence electrons. The minimum Gasteiger partial charge on any atom is -0.493 e. The second kappa shape index (κ2) is 6.49. The highest BCUT2D eigenvalue weighted by Crippen LogP contribution is 2.38. The number of Topliss-reactive ketones (excluding diaryl/α,β-unsaturated/α-hetero) is 1. The molecule has 0 amide bonds. The first-order chi connectivity index (χ1) is 9.56. The molecule has 0 atom stereocenters. The van der Waals surface area contributed by atoms with E-state index in [1.165, 1.54) is 7.11 Å². The number of halogens is 1. The molecule has 1 aromatic carbocycles. The Hall–Kier alpha value is -1.22. The zero-order valence-electron chi connectivity index (χ0n) is 12.2. The predicted molar refractivity (Wildman–Crippen MR) is 80.0 cm³/mol. The van der Waals surface area contributed by atoms with Crippen LogP contribution in [0.2, 0.25) is 5.02 Å². The molecule has 0 aliphatic heterocycles. The number of ether oxygens (including phenoxy) is 2. The first-order valence-corrected chi connectivity index (χ1v) is 7.40. The first kappa shape index (κ1) is 15.2. The summed E-state index contributed by atoms with van der Waals surface area (Å²) in [5, 5.41) is 0.416. The Bertz CT molecular complexity index is 491. The van der Waals surface area contributed by atoms with Crippen molar-refractivity contribution in [1.82, 2.24) is 0 Å². The molecule has 3 nitrogen and oxygen atoms in total. The zero-order valence-corrected chi connectivity index (χ0v) is 13.0. The first-order valence-electron chi connectivity index (χ1n) is 7.02. The normalized spacial score (nSPS) is 22.4. The van der Waals surface area contributed by atoms with E-state index in [9.17, 15) is 4.79 Å². The monoisotopic (exact) mass is 296 g/mol. The SMILES string of the molecule is COc1cc(C(=O)C2CCC(C)CC2)cc(Cl)c1OC. The average Bonchev–Trinajstić information content (AvgIpc) is 2.46. The van der Waals surface area contributed by atoms with E-state index in [1.54, 1.807) is 19.2 Å². The van der Waals surface area contributed by atoms with Gasteiger partial charge in [0.25, 0.3) is 0 Å². The van der Waals surface area contributed by atoms with Crippen molar-refractivity contribution in [3.8, 4) is 11.5 Å². The maximum atomic E-state index is 12.6. The standard InChI is InChI=1S/C16H21ClO3/c1-10-4-6-11(7-5-10)15(18)12-8-13(17)16(20-3)14(9-12)19-2/h8-11H,4-7H2,1-3H3. The summed E-state index contributed by atoms with van der Waals surface area (Å²) in [5.41, 5.74) is 0.618. The minimum atomic E-state index is 0.111. The van der Waals surface area contributed by atoms with Crippen LogP contribution in [0.1, 0.15) is 43.0 Å². The second-order valence-electron chi connectivity index (χ2n) is 5.51. The van der Waals surface area contributed by atoms with Crippen LogP contribution in [-0.2, 0) is 0 Å². The lowest BCUT2D eigenvalue weighted by Crippen LogP contribution is -2.21. The summed E-state index contributed by atoms with van der Waals surface area (Å²) in [6.45, 7) is 2.24. The van der Waals surface area contributed by atoms with Gasteiger partial charge >= 0.3 is 0 Å². The average molecular weight is 297 g/mol. The zero-order chi connectivity index (χ0) is 14.7. The molecular formula is C16H21ClO3. The summed E-state index contributed by atoms with van der Waals surface area (Å²) in [4.78, 5) is 12.6. The highest BCUT2D eigenvalue weighted by atomic mass is 35.5. The molecule has 1 fully saturated rings. The van der Waals surface area contributed by atoms with E-state index < -0.39 is 0 Å². The lowest BCUT2D eigenvalue weighted by molar-refractivity contribution is 0.0875. The largest absolute Gasteiger partial charge is 0.493 e. The summed E-state index contributed by atoms with van der Waals surface area (Å²) in [6.07, 6.45) is 4.17. The number of hydrogen-bond donors (Lipinski definition) is 0. The van der Waals surface area contributed by atoms with Crippen molar-refractivity contribution in [3.63, 3.8) is 0 Å². The number of hydrogen-bond acceptors (Lipinski definition) is 3. The van der Waals surface area contributed by atoms with Crippen molar-refractivity contribution in [1.29, 1.82) is 0 Å². The fourth-order valence-corrected chi connectivity index (χ4v) is 3.11. The lowest BCUT2D eigenvalue weighted by Gasteiger charge is -2.25. The van der Waals surface area contributed by atoms with Crippen molar-refractivity contribution in [2.75, 3.05) is 14.2 Å². The summed E-state index contributed by atoms with van der Waals surface area (Å²) in [6, 6.07) is 3.41. The topological polar surface area (TPSA) is 35.5 Å². The van der Waals surface area contributed by atoms with Crippen LogP contribution in [0.25, 0.3) is 0 Å². The van der Waals surface area contributed by atoms with Crippen molar-refractivity contribution in [2.45, 2.75) is 32.6 Å². The molecule has 2 rings (SSSR count). The third-order valence-electron chi connectivity index (χ3n) is 4.10. The van der Waals surface area contributed by atoms with Crippen LogP contribution in [0.4, 0.5) is 0 Å². The Morgan fingerprint density at radius 2 is 1.80 bits per heavy atom. The Balaban J connectivity index is 2.24. The van der Waals surface area contributed by atoms with Crippen LogP contribution >= 0.6 is 11.6 Å². The van der Waals surface area contributed by atoms with Gasteiger partial charge in [-0.1, -0.05) is 31.4 Å². The van der Waals surface area contributed by atoms with E-state index >= 15 is 0 Å². The third kappa shape index (κ3) is 3.09. The molecule has 0 aromatic heterocycles. The van der Waals surface area contributed by atoms with E-state index in [2.05, 4.69) is 6.92 Å². The molecule has 0 N–H and O–H groups in total. The highest BCUT2D eigenvalue weighted by molar-refractivity contribution is 6.32. The van der Waals surface area contributed by atoms with Gasteiger partial charge in [0.1, 0.15) is 0 Å². The van der Waals surface area contributed by atoms with Gasteiger partial charge in [0.05, 0.1) is 19.2 Å². The number of rotatable bonds is 4. The number of ketones is 1. The van der Waals surface area contributed by atoms with Crippen LogP contribution in [0.3, 0.4) is 0 Å². The van der Waals surface area contributed by atoms with E-state index in [0.717, 1.165) is 31.6 Å². The maximum Gasteiger partial charge on any atom is 0.179 e. The van der Waals surface area contributed by atoms with Gasteiger partial charge in [-0.25, -0.2) is 0 Å². The van der Waals surface area contributed by atoms with Crippen LogP contribution in [0.15, 0.2) is 12.1 Å². The Kier molecular flexibility index (Phi) is 4.92. The number of benzene rings is 1. The van der Waals surface area contributed by atoms with Crippen molar-refractivity contribution in [3.05, 3.63) is 22.7 Å². The van der Waals surface area contributed by atoms with Gasteiger partial charge < -0.3 is 9.47 Å². The Morgan fingerprint density at radius 1 is 1.15 bits per heavy atom. The summed E-state index contributed by atoms with van der Waals surface area (Å²) >= 11 is 6.16. The molecule has 0 saturated heterocycles. The van der Waals surface area contributed by atoms with E-state index in [-0.39, 0.29) is 11.7 Å². The van der Waals surface area contributed by atoms with Gasteiger partial charge in [0, 0.05) is 11.5 Å². The summed E-state index contributed by atoms with van der Waals surface area (Å²) in [5.74, 6) is 1.99. The molecular weight excluding hydrogens is 276 g/mol. The van der Waals surface area contributed by atoms with Gasteiger partial charge in [-0.05, 0) is 30.9 Å². The predicted octanol–water partition coefficient (Wildman–Crippen LogP) is 4.37. The second-order valence-corrected chi connectivity index (χ2v) is 5.92. The van der Waals surface area contributed by atoms with Crippen LogP contribution in [0, 0.1) is 11.8 Å². The molecule has 20 heavy (non-hydrogen) atoms. The van der Waals surface area contributed by atoms with Gasteiger partial charge in [-0.15, -0.1) is 0 Å². The van der Waals surface area contributed by atoms with Gasteiger partial charge in [-0.3, -0.25) is 4.79 Å². The number of carbonyl (C=O) groups is 1. The maximum absolute atomic E-state index is 12.6. The molecule has 0 unspecified atom stereocenters. The third-order valence-corrected chi connectivity index (χ3v) is 4.39. The smallest absolute Gasteiger partial charge is 0.179 e. The molecule has 1 aromatic rings. The van der Waals surface area contributed by atoms with E-state index in [1.807, 2.05) is 0 Å². The van der Waals surface area contributed by atoms with Crippen molar-refractivity contribution < 1.29 is 14.3 Å². The molecule has 1 saturated carbocycles. The van der Waals surface area contributed by atoms with E-state index in [0.29, 0.717) is 22.1 Å². The van der Waals surface area contributed by atoms with Crippen LogP contribution in [0.5, 0.6) is 11.5 Å². The quantitative estimate of drug-likeness (QED) is 0.774.